The molecule has 0 aromatic heterocycles. The fraction of sp³-hybridized carbons (Fsp3) is 0.618. The molecule has 37 heavy (non-hydrogen) atoms. The van der Waals surface area contributed by atoms with Gasteiger partial charge < -0.3 is 9.84 Å². The number of ether oxygens (including phenoxy) is 1. The third-order valence-electron chi connectivity index (χ3n) is 7.32. The summed E-state index contributed by atoms with van der Waals surface area (Å²) >= 11 is 0. The Morgan fingerprint density at radius 1 is 0.784 bits per heavy atom. The number of phenolic OH excluding ortho intramolecular Hbond substituents is 1. The summed E-state index contributed by atoms with van der Waals surface area (Å²) in [5.74, 6) is 0.759. The van der Waals surface area contributed by atoms with Gasteiger partial charge in [-0.3, -0.25) is 0 Å². The van der Waals surface area contributed by atoms with Gasteiger partial charge in [-0.05, 0) is 90.2 Å². The zero-order chi connectivity index (χ0) is 28.0. The number of benzene rings is 2. The molecule has 0 heterocycles. The molecule has 0 atom stereocenters. The molecule has 0 unspecified atom stereocenters. The van der Waals surface area contributed by atoms with Crippen molar-refractivity contribution in [1.82, 2.24) is 0 Å². The average molecular weight is 509 g/mol. The van der Waals surface area contributed by atoms with Gasteiger partial charge in [0, 0.05) is 5.56 Å². The van der Waals surface area contributed by atoms with Crippen molar-refractivity contribution in [2.24, 2.45) is 0 Å². The predicted molar refractivity (Wildman–Crippen MR) is 157 cm³/mol. The summed E-state index contributed by atoms with van der Waals surface area (Å²) in [5.41, 5.74) is 6.52. The van der Waals surface area contributed by atoms with Gasteiger partial charge in [0.2, 0.25) is 0 Å². The van der Waals surface area contributed by atoms with Gasteiger partial charge in [-0.15, -0.1) is 0 Å². The first-order chi connectivity index (χ1) is 17.3. The third kappa shape index (κ3) is 7.85. The quantitative estimate of drug-likeness (QED) is 0.243. The minimum absolute atomic E-state index is 0.0000634. The minimum Gasteiger partial charge on any atom is -0.507 e. The molecule has 3 heteroatoms. The third-order valence-corrected chi connectivity index (χ3v) is 7.32. The topological polar surface area (TPSA) is 46.5 Å². The molecule has 3 nitrogen and oxygen atoms in total. The van der Waals surface area contributed by atoms with Crippen LogP contribution >= 0.6 is 0 Å². The molecule has 0 saturated carbocycles. The highest BCUT2D eigenvalue weighted by Gasteiger charge is 2.28. The first kappa shape index (κ1) is 30.9. The van der Waals surface area contributed by atoms with Crippen LogP contribution in [0.4, 0.5) is 0 Å². The number of carbonyl (C=O) groups is 1. The zero-order valence-electron chi connectivity index (χ0n) is 25.4. The van der Waals surface area contributed by atoms with Gasteiger partial charge in [-0.1, -0.05) is 93.7 Å². The van der Waals surface area contributed by atoms with E-state index in [0.717, 1.165) is 85.6 Å². The number of phenols is 1. The van der Waals surface area contributed by atoms with Gasteiger partial charge in [0.15, 0.2) is 0 Å². The maximum absolute atomic E-state index is 14.0. The van der Waals surface area contributed by atoms with Crippen LogP contribution in [0.1, 0.15) is 145 Å². The van der Waals surface area contributed by atoms with Crippen molar-refractivity contribution in [2.45, 2.75) is 138 Å². The molecule has 0 radical (unpaired) electrons. The van der Waals surface area contributed by atoms with Crippen LogP contribution in [0.3, 0.4) is 0 Å². The molecule has 0 fully saturated rings. The molecule has 206 valence electrons. The van der Waals surface area contributed by atoms with Crippen molar-refractivity contribution >= 4 is 5.97 Å². The van der Waals surface area contributed by atoms with Crippen LogP contribution in [0.25, 0.3) is 0 Å². The summed E-state index contributed by atoms with van der Waals surface area (Å²) in [4.78, 5) is 14.0. The van der Waals surface area contributed by atoms with Gasteiger partial charge in [-0.2, -0.15) is 0 Å². The number of esters is 1. The van der Waals surface area contributed by atoms with Crippen LogP contribution in [0.5, 0.6) is 11.5 Å². The summed E-state index contributed by atoms with van der Waals surface area (Å²) in [6, 6.07) is 6.29. The highest BCUT2D eigenvalue weighted by molar-refractivity contribution is 5.94. The van der Waals surface area contributed by atoms with E-state index in [1.54, 1.807) is 0 Å². The molecule has 0 aliphatic heterocycles. The number of unbranched alkanes of at least 4 members (excludes halogenated alkanes) is 3. The molecule has 0 spiro atoms. The van der Waals surface area contributed by atoms with E-state index in [4.69, 9.17) is 4.74 Å². The van der Waals surface area contributed by atoms with Crippen molar-refractivity contribution in [2.75, 3.05) is 0 Å². The second-order valence-corrected chi connectivity index (χ2v) is 12.8. The maximum Gasteiger partial charge on any atom is 0.343 e. The van der Waals surface area contributed by atoms with Crippen LogP contribution in [0.2, 0.25) is 0 Å². The first-order valence-corrected chi connectivity index (χ1v) is 14.5. The van der Waals surface area contributed by atoms with Crippen molar-refractivity contribution in [3.05, 3.63) is 57.1 Å². The SMILES string of the molecule is CCCCc1cc(C(=O)Oc2c(C)cc(C(C)(C)C)cc2C(C)(C)C)c(CCCC)c(CCCC)c1O. The summed E-state index contributed by atoms with van der Waals surface area (Å²) in [6.45, 7) is 21.7. The summed E-state index contributed by atoms with van der Waals surface area (Å²) < 4.78 is 6.32. The Kier molecular flexibility index (Phi) is 10.9. The van der Waals surface area contributed by atoms with Gasteiger partial charge >= 0.3 is 5.97 Å². The van der Waals surface area contributed by atoms with E-state index in [9.17, 15) is 9.90 Å². The monoisotopic (exact) mass is 508 g/mol. The lowest BCUT2D eigenvalue weighted by Gasteiger charge is -2.28. The van der Waals surface area contributed by atoms with Gasteiger partial charge in [-0.25, -0.2) is 4.79 Å². The average Bonchev–Trinajstić information content (AvgIpc) is 2.80. The molecule has 0 aliphatic rings. The lowest BCUT2D eigenvalue weighted by atomic mass is 9.79. The standard InChI is InChI=1S/C34H52O3/c1-11-14-17-24-21-28(26(18-15-12-2)27(30(24)35)19-16-13-3)32(36)37-31-23(4)20-25(33(5,6)7)22-29(31)34(8,9)10/h20-22,35H,11-19H2,1-10H3. The largest absolute Gasteiger partial charge is 0.507 e. The van der Waals surface area contributed by atoms with E-state index in [2.05, 4.69) is 74.4 Å². The predicted octanol–water partition coefficient (Wildman–Crippen LogP) is 9.54. The Balaban J connectivity index is 2.70. The van der Waals surface area contributed by atoms with Crippen LogP contribution in [-0.2, 0) is 30.1 Å². The summed E-state index contributed by atoms with van der Waals surface area (Å²) in [5, 5.41) is 11.3. The number of carbonyl (C=O) groups excluding carboxylic acids is 1. The van der Waals surface area contributed by atoms with E-state index in [1.165, 1.54) is 5.56 Å². The number of aryl methyl sites for hydroxylation is 2. The lowest BCUT2D eigenvalue weighted by Crippen LogP contribution is -2.21. The fourth-order valence-electron chi connectivity index (χ4n) is 4.88. The fourth-order valence-corrected chi connectivity index (χ4v) is 4.88. The van der Waals surface area contributed by atoms with Crippen LogP contribution < -0.4 is 4.74 Å². The summed E-state index contributed by atoms with van der Waals surface area (Å²) in [7, 11) is 0. The van der Waals surface area contributed by atoms with Crippen molar-refractivity contribution in [1.29, 1.82) is 0 Å². The number of aromatic hydroxyl groups is 1. The van der Waals surface area contributed by atoms with Gasteiger partial charge in [0.1, 0.15) is 11.5 Å². The smallest absolute Gasteiger partial charge is 0.343 e. The molecule has 0 amide bonds. The van der Waals surface area contributed by atoms with Crippen LogP contribution in [0.15, 0.2) is 18.2 Å². The second-order valence-electron chi connectivity index (χ2n) is 12.8. The molecule has 0 saturated heterocycles. The maximum atomic E-state index is 14.0. The summed E-state index contributed by atoms with van der Waals surface area (Å²) in [6.07, 6.45) is 8.37. The van der Waals surface area contributed by atoms with E-state index in [0.29, 0.717) is 17.1 Å². The zero-order valence-corrected chi connectivity index (χ0v) is 25.4. The lowest BCUT2D eigenvalue weighted by molar-refractivity contribution is 0.0729. The van der Waals surface area contributed by atoms with Crippen molar-refractivity contribution < 1.29 is 14.6 Å². The Bertz CT molecular complexity index is 1060. The molecule has 2 aromatic carbocycles. The van der Waals surface area contributed by atoms with E-state index in [1.807, 2.05) is 13.0 Å². The Morgan fingerprint density at radius 2 is 1.32 bits per heavy atom. The second kappa shape index (κ2) is 13.0. The molecule has 0 aliphatic carbocycles. The molecule has 2 aromatic rings. The van der Waals surface area contributed by atoms with E-state index < -0.39 is 0 Å². The van der Waals surface area contributed by atoms with E-state index in [-0.39, 0.29) is 16.8 Å². The molecular weight excluding hydrogens is 456 g/mol. The number of hydrogen-bond acceptors (Lipinski definition) is 3. The molecule has 2 rings (SSSR count). The normalized spacial score (nSPS) is 12.2. The van der Waals surface area contributed by atoms with Crippen LogP contribution in [0, 0.1) is 6.92 Å². The Morgan fingerprint density at radius 3 is 1.84 bits per heavy atom. The molecule has 0 bridgehead atoms. The number of hydrogen-bond donors (Lipinski definition) is 1. The van der Waals surface area contributed by atoms with Gasteiger partial charge in [0.25, 0.3) is 0 Å². The van der Waals surface area contributed by atoms with Gasteiger partial charge in [0.05, 0.1) is 5.56 Å². The van der Waals surface area contributed by atoms with E-state index >= 15 is 0 Å². The highest BCUT2D eigenvalue weighted by atomic mass is 16.5. The highest BCUT2D eigenvalue weighted by Crippen LogP contribution is 2.39. The Hall–Kier alpha value is -2.29. The first-order valence-electron chi connectivity index (χ1n) is 14.5. The number of rotatable bonds is 11. The minimum atomic E-state index is -0.307. The molecule has 1 N–H and O–H groups in total. The Labute approximate surface area is 227 Å². The van der Waals surface area contributed by atoms with Crippen molar-refractivity contribution in [3.63, 3.8) is 0 Å². The van der Waals surface area contributed by atoms with Crippen LogP contribution in [-0.4, -0.2) is 11.1 Å². The molecular formula is C34H52O3. The van der Waals surface area contributed by atoms with Crippen molar-refractivity contribution in [3.8, 4) is 11.5 Å².